The average molecular weight is 371 g/mol. The molecule has 0 saturated heterocycles. The molecule has 136 valence electrons. The fraction of sp³-hybridized carbons (Fsp3) is 0.0556. The standard InChI is InChI=1S/C18H13N9O/c1-2-4-12(5-3-1)13-8-16-24-25-17(14-9-19-6-7-20-14)27(16)26-18(13)28-10-15-21-11-22-23-15/h1-9,11H,10H2,(H,21,22,23). The van der Waals surface area contributed by atoms with Crippen molar-refractivity contribution in [2.75, 3.05) is 0 Å². The first-order valence-electron chi connectivity index (χ1n) is 8.44. The SMILES string of the molecule is c1ccc(-c2cc3nnc(-c4cnccn4)n3nc2OCc2ncn[nH]2)cc1. The van der Waals surface area contributed by atoms with Crippen molar-refractivity contribution in [3.8, 4) is 28.5 Å². The first kappa shape index (κ1) is 16.0. The van der Waals surface area contributed by atoms with E-state index in [9.17, 15) is 0 Å². The lowest BCUT2D eigenvalue weighted by Crippen LogP contribution is -2.05. The summed E-state index contributed by atoms with van der Waals surface area (Å²) in [5.41, 5.74) is 2.89. The Balaban J connectivity index is 1.64. The minimum atomic E-state index is 0.195. The number of aromatic nitrogens is 9. The molecule has 4 heterocycles. The van der Waals surface area contributed by atoms with Gasteiger partial charge >= 0.3 is 0 Å². The van der Waals surface area contributed by atoms with Crippen molar-refractivity contribution < 1.29 is 4.74 Å². The zero-order valence-corrected chi connectivity index (χ0v) is 14.5. The molecule has 0 fully saturated rings. The van der Waals surface area contributed by atoms with Crippen molar-refractivity contribution in [1.29, 1.82) is 0 Å². The Kier molecular flexibility index (Phi) is 3.91. The van der Waals surface area contributed by atoms with Crippen LogP contribution in [-0.2, 0) is 6.61 Å². The minimum absolute atomic E-state index is 0.195. The molecule has 10 heteroatoms. The summed E-state index contributed by atoms with van der Waals surface area (Å²) in [6.07, 6.45) is 6.23. The summed E-state index contributed by atoms with van der Waals surface area (Å²) in [6.45, 7) is 0.195. The van der Waals surface area contributed by atoms with E-state index in [4.69, 9.17) is 4.74 Å². The second-order valence-electron chi connectivity index (χ2n) is 5.83. The number of nitrogens with one attached hydrogen (secondary N) is 1. The van der Waals surface area contributed by atoms with Gasteiger partial charge in [0.2, 0.25) is 11.7 Å². The highest BCUT2D eigenvalue weighted by atomic mass is 16.5. The number of fused-ring (bicyclic) bond motifs is 1. The van der Waals surface area contributed by atoms with Gasteiger partial charge in [0.05, 0.1) is 6.20 Å². The smallest absolute Gasteiger partial charge is 0.240 e. The lowest BCUT2D eigenvalue weighted by atomic mass is 10.1. The summed E-state index contributed by atoms with van der Waals surface area (Å²) in [7, 11) is 0. The van der Waals surface area contributed by atoms with Gasteiger partial charge in [-0.3, -0.25) is 10.1 Å². The van der Waals surface area contributed by atoms with Gasteiger partial charge in [-0.25, -0.2) is 9.97 Å². The summed E-state index contributed by atoms with van der Waals surface area (Å²) in [5, 5.41) is 19.7. The maximum Gasteiger partial charge on any atom is 0.240 e. The van der Waals surface area contributed by atoms with Crippen LogP contribution in [0.4, 0.5) is 0 Å². The van der Waals surface area contributed by atoms with Crippen LogP contribution in [0.25, 0.3) is 28.3 Å². The van der Waals surface area contributed by atoms with E-state index >= 15 is 0 Å². The van der Waals surface area contributed by atoms with Crippen LogP contribution in [0, 0.1) is 0 Å². The zero-order valence-electron chi connectivity index (χ0n) is 14.5. The summed E-state index contributed by atoms with van der Waals surface area (Å²) >= 11 is 0. The third kappa shape index (κ3) is 2.92. The van der Waals surface area contributed by atoms with E-state index in [1.807, 2.05) is 36.4 Å². The Morgan fingerprint density at radius 1 is 1.04 bits per heavy atom. The monoisotopic (exact) mass is 371 g/mol. The molecule has 1 N–H and O–H groups in total. The normalized spacial score (nSPS) is 11.0. The number of rotatable bonds is 5. The molecule has 1 aromatic carbocycles. The lowest BCUT2D eigenvalue weighted by Gasteiger charge is -2.10. The van der Waals surface area contributed by atoms with E-state index in [1.165, 1.54) is 6.33 Å². The molecule has 0 aliphatic heterocycles. The first-order chi connectivity index (χ1) is 13.9. The minimum Gasteiger partial charge on any atom is -0.468 e. The molecule has 0 radical (unpaired) electrons. The van der Waals surface area contributed by atoms with Crippen molar-refractivity contribution >= 4 is 5.65 Å². The van der Waals surface area contributed by atoms with E-state index < -0.39 is 0 Å². The molecule has 0 aliphatic carbocycles. The maximum atomic E-state index is 5.95. The van der Waals surface area contributed by atoms with Crippen LogP contribution < -0.4 is 4.74 Å². The van der Waals surface area contributed by atoms with Crippen molar-refractivity contribution in [3.05, 3.63) is 67.1 Å². The van der Waals surface area contributed by atoms with E-state index in [0.717, 1.165) is 11.1 Å². The molecule has 0 aliphatic rings. The molecule has 5 rings (SSSR count). The molecule has 28 heavy (non-hydrogen) atoms. The zero-order chi connectivity index (χ0) is 18.8. The molecule has 10 nitrogen and oxygen atoms in total. The van der Waals surface area contributed by atoms with Gasteiger partial charge in [-0.2, -0.15) is 9.61 Å². The van der Waals surface area contributed by atoms with Crippen LogP contribution in [0.15, 0.2) is 61.3 Å². The highest BCUT2D eigenvalue weighted by Crippen LogP contribution is 2.30. The van der Waals surface area contributed by atoms with E-state index in [2.05, 4.69) is 40.4 Å². The van der Waals surface area contributed by atoms with Crippen LogP contribution in [0.5, 0.6) is 5.88 Å². The largest absolute Gasteiger partial charge is 0.468 e. The lowest BCUT2D eigenvalue weighted by molar-refractivity contribution is 0.281. The third-order valence-corrected chi connectivity index (χ3v) is 4.05. The van der Waals surface area contributed by atoms with Crippen molar-refractivity contribution in [1.82, 2.24) is 45.0 Å². The molecule has 0 unspecified atom stereocenters. The maximum absolute atomic E-state index is 5.95. The first-order valence-corrected chi connectivity index (χ1v) is 8.44. The van der Waals surface area contributed by atoms with Crippen molar-refractivity contribution in [3.63, 3.8) is 0 Å². The Hall–Kier alpha value is -4.21. The third-order valence-electron chi connectivity index (χ3n) is 4.05. The predicted octanol–water partition coefficient (Wildman–Crippen LogP) is 1.95. The van der Waals surface area contributed by atoms with Gasteiger partial charge in [-0.1, -0.05) is 30.3 Å². The Morgan fingerprint density at radius 3 is 2.75 bits per heavy atom. The Bertz CT molecular complexity index is 1200. The van der Waals surface area contributed by atoms with Gasteiger partial charge in [-0.15, -0.1) is 15.3 Å². The summed E-state index contributed by atoms with van der Waals surface area (Å²) < 4.78 is 7.54. The Labute approximate surface area is 158 Å². The number of benzene rings is 1. The molecule has 4 aromatic heterocycles. The molecule has 0 saturated carbocycles. The van der Waals surface area contributed by atoms with Crippen LogP contribution in [0.3, 0.4) is 0 Å². The van der Waals surface area contributed by atoms with Gasteiger partial charge in [0.1, 0.15) is 18.6 Å². The van der Waals surface area contributed by atoms with Crippen LogP contribution >= 0.6 is 0 Å². The summed E-state index contributed by atoms with van der Waals surface area (Å²) in [4.78, 5) is 12.4. The fourth-order valence-electron chi connectivity index (χ4n) is 2.76. The van der Waals surface area contributed by atoms with Gasteiger partial charge < -0.3 is 4.74 Å². The van der Waals surface area contributed by atoms with E-state index in [-0.39, 0.29) is 6.61 Å². The second kappa shape index (κ2) is 6.83. The van der Waals surface area contributed by atoms with Crippen molar-refractivity contribution in [2.45, 2.75) is 6.61 Å². The summed E-state index contributed by atoms with van der Waals surface area (Å²) in [5.74, 6) is 1.49. The molecule has 0 spiro atoms. The number of ether oxygens (including phenoxy) is 1. The fourth-order valence-corrected chi connectivity index (χ4v) is 2.76. The molecule has 0 amide bonds. The Morgan fingerprint density at radius 2 is 1.96 bits per heavy atom. The van der Waals surface area contributed by atoms with Gasteiger partial charge in [0.15, 0.2) is 11.5 Å². The molecule has 5 aromatic rings. The van der Waals surface area contributed by atoms with Crippen LogP contribution in [0.2, 0.25) is 0 Å². The number of hydrogen-bond acceptors (Lipinski definition) is 8. The topological polar surface area (TPSA) is 120 Å². The second-order valence-corrected chi connectivity index (χ2v) is 5.83. The highest BCUT2D eigenvalue weighted by molar-refractivity contribution is 5.72. The molecular formula is C18H13N9O. The van der Waals surface area contributed by atoms with Crippen molar-refractivity contribution in [2.24, 2.45) is 0 Å². The van der Waals surface area contributed by atoms with E-state index in [1.54, 1.807) is 23.1 Å². The van der Waals surface area contributed by atoms with Gasteiger partial charge in [0, 0.05) is 18.0 Å². The van der Waals surface area contributed by atoms with Gasteiger partial charge in [-0.05, 0) is 11.6 Å². The number of nitrogens with zero attached hydrogens (tertiary/aromatic N) is 8. The van der Waals surface area contributed by atoms with Gasteiger partial charge in [0.25, 0.3) is 0 Å². The highest BCUT2D eigenvalue weighted by Gasteiger charge is 2.17. The van der Waals surface area contributed by atoms with Crippen LogP contribution in [0.1, 0.15) is 5.82 Å². The summed E-state index contributed by atoms with van der Waals surface area (Å²) in [6, 6.07) is 11.7. The van der Waals surface area contributed by atoms with Crippen LogP contribution in [-0.4, -0.2) is 45.0 Å². The number of H-pyrrole nitrogens is 1. The molecular weight excluding hydrogens is 358 g/mol. The van der Waals surface area contributed by atoms with E-state index in [0.29, 0.717) is 28.9 Å². The number of aromatic amines is 1. The molecule has 0 bridgehead atoms. The number of hydrogen-bond donors (Lipinski definition) is 1. The quantitative estimate of drug-likeness (QED) is 0.498. The predicted molar refractivity (Wildman–Crippen MR) is 98.0 cm³/mol. The molecule has 0 atom stereocenters. The average Bonchev–Trinajstić information content (AvgIpc) is 3.42.